The van der Waals surface area contributed by atoms with E-state index in [-0.39, 0.29) is 11.9 Å². The number of aliphatic hydroxyl groups excluding tert-OH is 1. The van der Waals surface area contributed by atoms with Crippen molar-refractivity contribution in [2.45, 2.75) is 91.1 Å². The molecular formula is C22H36O2. The number of rotatable bonds is 9. The Morgan fingerprint density at radius 1 is 1.04 bits per heavy atom. The van der Waals surface area contributed by atoms with Crippen LogP contribution in [0, 0.1) is 12.8 Å². The minimum atomic E-state index is 0.0464. The molecule has 2 nitrogen and oxygen atoms in total. The van der Waals surface area contributed by atoms with Gasteiger partial charge in [0.15, 0.2) is 5.78 Å². The van der Waals surface area contributed by atoms with Crippen molar-refractivity contribution in [2.75, 3.05) is 0 Å². The molecule has 1 saturated carbocycles. The zero-order valence-corrected chi connectivity index (χ0v) is 15.9. The minimum absolute atomic E-state index is 0.0464. The van der Waals surface area contributed by atoms with Crippen molar-refractivity contribution in [3.63, 3.8) is 0 Å². The summed E-state index contributed by atoms with van der Waals surface area (Å²) in [4.78, 5) is 11.2. The predicted octanol–water partition coefficient (Wildman–Crippen LogP) is 6.10. The maximum Gasteiger partial charge on any atom is 0.162 e. The van der Waals surface area contributed by atoms with Crippen LogP contribution >= 0.6 is 0 Å². The highest BCUT2D eigenvalue weighted by atomic mass is 16.3. The third kappa shape index (κ3) is 8.10. The molecule has 0 radical (unpaired) electrons. The van der Waals surface area contributed by atoms with Crippen LogP contribution in [0.4, 0.5) is 0 Å². The molecule has 1 aromatic carbocycles. The highest BCUT2D eigenvalue weighted by Crippen LogP contribution is 2.31. The molecule has 0 aliphatic heterocycles. The van der Waals surface area contributed by atoms with Crippen molar-refractivity contribution in [3.05, 3.63) is 35.4 Å². The van der Waals surface area contributed by atoms with Crippen LogP contribution < -0.4 is 0 Å². The molecule has 1 aliphatic carbocycles. The zero-order chi connectivity index (χ0) is 17.8. The third-order valence-corrected chi connectivity index (χ3v) is 4.94. The van der Waals surface area contributed by atoms with Gasteiger partial charge in [-0.05, 0) is 31.2 Å². The van der Waals surface area contributed by atoms with Crippen LogP contribution in [0.25, 0.3) is 0 Å². The average Bonchev–Trinajstić information content (AvgIpc) is 2.56. The van der Waals surface area contributed by atoms with E-state index < -0.39 is 0 Å². The van der Waals surface area contributed by atoms with Gasteiger partial charge in [0.05, 0.1) is 6.10 Å². The number of hydrogen-bond donors (Lipinski definition) is 1. The molecule has 24 heavy (non-hydrogen) atoms. The maximum atomic E-state index is 11.2. The fourth-order valence-electron chi connectivity index (χ4n) is 3.23. The number of carbonyl (C=O) groups excluding carboxylic acids is 1. The van der Waals surface area contributed by atoms with Gasteiger partial charge < -0.3 is 5.11 Å². The molecule has 1 N–H and O–H groups in total. The zero-order valence-electron chi connectivity index (χ0n) is 15.9. The van der Waals surface area contributed by atoms with E-state index in [0.29, 0.717) is 6.42 Å². The standard InChI is InChI=1S/C12H24O.C10H12O/c1-2-3-4-5-6-7-8-11-9-12(13)10-11;1-3-10(11)9-7-5-4-6-8(9)2/h11-13H,2-10H2,1H3;4-7H,3H2,1-2H3. The van der Waals surface area contributed by atoms with Crippen LogP contribution in [-0.2, 0) is 0 Å². The minimum Gasteiger partial charge on any atom is -0.393 e. The molecule has 2 heteroatoms. The van der Waals surface area contributed by atoms with Crippen molar-refractivity contribution < 1.29 is 9.90 Å². The number of aliphatic hydroxyl groups is 1. The number of hydrogen-bond acceptors (Lipinski definition) is 2. The first-order valence-electron chi connectivity index (χ1n) is 9.85. The fraction of sp³-hybridized carbons (Fsp3) is 0.682. The van der Waals surface area contributed by atoms with Gasteiger partial charge in [-0.25, -0.2) is 0 Å². The molecule has 0 heterocycles. The van der Waals surface area contributed by atoms with Crippen LogP contribution in [0.2, 0.25) is 0 Å². The number of benzene rings is 1. The largest absolute Gasteiger partial charge is 0.393 e. The number of unbranched alkanes of at least 4 members (excludes halogenated alkanes) is 5. The Bertz CT molecular complexity index is 461. The first-order chi connectivity index (χ1) is 11.6. The molecule has 0 aromatic heterocycles. The van der Waals surface area contributed by atoms with Gasteiger partial charge in [0.2, 0.25) is 0 Å². The van der Waals surface area contributed by atoms with Crippen LogP contribution in [0.5, 0.6) is 0 Å². The second-order valence-electron chi connectivity index (χ2n) is 7.14. The van der Waals surface area contributed by atoms with Crippen LogP contribution in [0.1, 0.15) is 94.0 Å². The Balaban J connectivity index is 0.000000243. The Morgan fingerprint density at radius 3 is 2.25 bits per heavy atom. The average molecular weight is 333 g/mol. The Hall–Kier alpha value is -1.15. The SMILES string of the molecule is CCC(=O)c1ccccc1C.CCCCCCCCC1CC(O)C1. The van der Waals surface area contributed by atoms with E-state index in [0.717, 1.165) is 29.9 Å². The molecule has 2 rings (SSSR count). The van der Waals surface area contributed by atoms with Crippen molar-refractivity contribution in [1.29, 1.82) is 0 Å². The van der Waals surface area contributed by atoms with E-state index >= 15 is 0 Å². The summed E-state index contributed by atoms with van der Waals surface area (Å²) in [5, 5.41) is 9.09. The summed E-state index contributed by atoms with van der Waals surface area (Å²) in [5.74, 6) is 1.09. The van der Waals surface area contributed by atoms with Gasteiger partial charge in [0.25, 0.3) is 0 Å². The number of aryl methyl sites for hydroxylation is 1. The fourth-order valence-corrected chi connectivity index (χ4v) is 3.23. The van der Waals surface area contributed by atoms with E-state index in [1.807, 2.05) is 38.1 Å². The van der Waals surface area contributed by atoms with E-state index in [1.54, 1.807) is 0 Å². The lowest BCUT2D eigenvalue weighted by Crippen LogP contribution is -2.27. The predicted molar refractivity (Wildman–Crippen MR) is 103 cm³/mol. The summed E-state index contributed by atoms with van der Waals surface area (Å²) in [7, 11) is 0. The maximum absolute atomic E-state index is 11.2. The van der Waals surface area contributed by atoms with Gasteiger partial charge in [-0.3, -0.25) is 4.79 Å². The Kier molecular flexibility index (Phi) is 10.7. The number of Topliss-reactive ketones (excluding diaryl/α,β-unsaturated/α-hetero) is 1. The van der Waals surface area contributed by atoms with Gasteiger partial charge in [-0.2, -0.15) is 0 Å². The topological polar surface area (TPSA) is 37.3 Å². The molecule has 1 aliphatic rings. The molecule has 0 spiro atoms. The van der Waals surface area contributed by atoms with Gasteiger partial charge in [0, 0.05) is 12.0 Å². The van der Waals surface area contributed by atoms with Crippen LogP contribution in [0.15, 0.2) is 24.3 Å². The molecule has 0 saturated heterocycles. The third-order valence-electron chi connectivity index (χ3n) is 4.94. The van der Waals surface area contributed by atoms with Crippen LogP contribution in [-0.4, -0.2) is 17.0 Å². The molecule has 0 amide bonds. The lowest BCUT2D eigenvalue weighted by Gasteiger charge is -2.31. The Morgan fingerprint density at radius 2 is 1.67 bits per heavy atom. The number of ketones is 1. The second-order valence-corrected chi connectivity index (χ2v) is 7.14. The molecule has 0 unspecified atom stereocenters. The molecule has 0 bridgehead atoms. The lowest BCUT2D eigenvalue weighted by atomic mass is 9.79. The van der Waals surface area contributed by atoms with Crippen LogP contribution in [0.3, 0.4) is 0 Å². The summed E-state index contributed by atoms with van der Waals surface area (Å²) in [6.07, 6.45) is 12.5. The van der Waals surface area contributed by atoms with Crippen molar-refractivity contribution in [1.82, 2.24) is 0 Å². The highest BCUT2D eigenvalue weighted by molar-refractivity contribution is 5.97. The van der Waals surface area contributed by atoms with Crippen molar-refractivity contribution in [3.8, 4) is 0 Å². The first-order valence-corrected chi connectivity index (χ1v) is 9.85. The molecule has 1 fully saturated rings. The van der Waals surface area contributed by atoms with Crippen molar-refractivity contribution in [2.24, 2.45) is 5.92 Å². The van der Waals surface area contributed by atoms with E-state index in [4.69, 9.17) is 5.11 Å². The molecule has 0 atom stereocenters. The normalized spacial score (nSPS) is 19.2. The van der Waals surface area contributed by atoms with E-state index in [2.05, 4.69) is 6.92 Å². The summed E-state index contributed by atoms with van der Waals surface area (Å²) < 4.78 is 0. The van der Waals surface area contributed by atoms with Gasteiger partial charge in [0.1, 0.15) is 0 Å². The molecule has 1 aromatic rings. The summed E-state index contributed by atoms with van der Waals surface area (Å²) >= 11 is 0. The summed E-state index contributed by atoms with van der Waals surface area (Å²) in [6, 6.07) is 7.68. The Labute approximate surface area is 148 Å². The van der Waals surface area contributed by atoms with Gasteiger partial charge >= 0.3 is 0 Å². The quantitative estimate of drug-likeness (QED) is 0.438. The molecule has 136 valence electrons. The highest BCUT2D eigenvalue weighted by Gasteiger charge is 2.25. The van der Waals surface area contributed by atoms with E-state index in [9.17, 15) is 4.79 Å². The molecular weight excluding hydrogens is 296 g/mol. The lowest BCUT2D eigenvalue weighted by molar-refractivity contribution is 0.0380. The number of carbonyl (C=O) groups is 1. The van der Waals surface area contributed by atoms with Gasteiger partial charge in [-0.1, -0.05) is 83.1 Å². The van der Waals surface area contributed by atoms with Gasteiger partial charge in [-0.15, -0.1) is 0 Å². The first kappa shape index (κ1) is 20.9. The summed E-state index contributed by atoms with van der Waals surface area (Å²) in [5.41, 5.74) is 1.93. The van der Waals surface area contributed by atoms with Crippen molar-refractivity contribution >= 4 is 5.78 Å². The monoisotopic (exact) mass is 332 g/mol. The van der Waals surface area contributed by atoms with E-state index in [1.165, 1.54) is 44.9 Å². The summed E-state index contributed by atoms with van der Waals surface area (Å²) in [6.45, 7) is 6.10. The smallest absolute Gasteiger partial charge is 0.162 e. The second kappa shape index (κ2) is 12.2.